The van der Waals surface area contributed by atoms with Gasteiger partial charge in [-0.3, -0.25) is 4.79 Å². The summed E-state index contributed by atoms with van der Waals surface area (Å²) >= 11 is 3.40. The van der Waals surface area contributed by atoms with E-state index in [-0.39, 0.29) is 11.9 Å². The van der Waals surface area contributed by atoms with Gasteiger partial charge >= 0.3 is 0 Å². The number of hydrogen-bond donors (Lipinski definition) is 0. The van der Waals surface area contributed by atoms with Gasteiger partial charge in [0.05, 0.1) is 0 Å². The first-order chi connectivity index (χ1) is 7.59. The lowest BCUT2D eigenvalue weighted by Crippen LogP contribution is -2.38. The Balaban J connectivity index is 2.22. The standard InChI is InChI=1S/C13H16BrNO/c1-9(2)15(12-6-7-12)13(16)10-4-3-5-11(14)8-10/h3-5,8-9,12H,6-7H2,1-2H3. The third-order valence-corrected chi connectivity index (χ3v) is 3.30. The van der Waals surface area contributed by atoms with E-state index in [1.54, 1.807) is 0 Å². The maximum atomic E-state index is 12.3. The van der Waals surface area contributed by atoms with Crippen molar-refractivity contribution in [2.24, 2.45) is 0 Å². The van der Waals surface area contributed by atoms with Crippen molar-refractivity contribution >= 4 is 21.8 Å². The second-order valence-corrected chi connectivity index (χ2v) is 5.46. The van der Waals surface area contributed by atoms with Gasteiger partial charge < -0.3 is 4.90 Å². The molecular formula is C13H16BrNO. The Morgan fingerprint density at radius 2 is 2.12 bits per heavy atom. The average molecular weight is 282 g/mol. The van der Waals surface area contributed by atoms with Gasteiger partial charge in [-0.05, 0) is 44.9 Å². The van der Waals surface area contributed by atoms with Crippen LogP contribution in [0.2, 0.25) is 0 Å². The fraction of sp³-hybridized carbons (Fsp3) is 0.462. The molecule has 86 valence electrons. The molecule has 1 fully saturated rings. The van der Waals surface area contributed by atoms with E-state index in [0.29, 0.717) is 6.04 Å². The zero-order chi connectivity index (χ0) is 11.7. The van der Waals surface area contributed by atoms with E-state index < -0.39 is 0 Å². The maximum Gasteiger partial charge on any atom is 0.254 e. The zero-order valence-corrected chi connectivity index (χ0v) is 11.2. The van der Waals surface area contributed by atoms with Crippen LogP contribution in [0.5, 0.6) is 0 Å². The summed E-state index contributed by atoms with van der Waals surface area (Å²) in [6.45, 7) is 4.16. The molecule has 2 nitrogen and oxygen atoms in total. The molecule has 1 aliphatic rings. The van der Waals surface area contributed by atoms with Gasteiger partial charge in [-0.1, -0.05) is 22.0 Å². The number of rotatable bonds is 3. The average Bonchev–Trinajstić information content (AvgIpc) is 3.01. The minimum absolute atomic E-state index is 0.152. The van der Waals surface area contributed by atoms with E-state index in [2.05, 4.69) is 29.8 Å². The molecule has 3 heteroatoms. The second kappa shape index (κ2) is 4.58. The largest absolute Gasteiger partial charge is 0.333 e. The number of halogens is 1. The molecule has 0 spiro atoms. The lowest BCUT2D eigenvalue weighted by atomic mass is 10.1. The summed E-state index contributed by atoms with van der Waals surface area (Å²) in [6.07, 6.45) is 2.30. The lowest BCUT2D eigenvalue weighted by Gasteiger charge is -2.26. The molecule has 0 saturated heterocycles. The monoisotopic (exact) mass is 281 g/mol. The normalized spacial score (nSPS) is 15.2. The van der Waals surface area contributed by atoms with Crippen LogP contribution >= 0.6 is 15.9 Å². The molecule has 0 unspecified atom stereocenters. The van der Waals surface area contributed by atoms with E-state index in [1.165, 1.54) is 0 Å². The SMILES string of the molecule is CC(C)N(C(=O)c1cccc(Br)c1)C1CC1. The first-order valence-electron chi connectivity index (χ1n) is 5.68. The molecule has 0 radical (unpaired) electrons. The van der Waals surface area contributed by atoms with Crippen LogP contribution in [0.3, 0.4) is 0 Å². The molecule has 1 saturated carbocycles. The van der Waals surface area contributed by atoms with E-state index >= 15 is 0 Å². The number of amides is 1. The minimum Gasteiger partial charge on any atom is -0.333 e. The summed E-state index contributed by atoms with van der Waals surface area (Å²) in [6, 6.07) is 8.35. The molecule has 16 heavy (non-hydrogen) atoms. The Hall–Kier alpha value is -0.830. The molecule has 1 aliphatic carbocycles. The summed E-state index contributed by atoms with van der Waals surface area (Å²) < 4.78 is 0.956. The molecule has 2 rings (SSSR count). The third kappa shape index (κ3) is 2.46. The Kier molecular flexibility index (Phi) is 3.33. The molecule has 1 aromatic carbocycles. The van der Waals surface area contributed by atoms with Crippen molar-refractivity contribution in [1.82, 2.24) is 4.90 Å². The topological polar surface area (TPSA) is 20.3 Å². The summed E-state index contributed by atoms with van der Waals surface area (Å²) in [5.41, 5.74) is 0.773. The fourth-order valence-corrected chi connectivity index (χ4v) is 2.34. The Labute approximate surface area is 105 Å². The van der Waals surface area contributed by atoms with Crippen molar-refractivity contribution in [3.05, 3.63) is 34.3 Å². The number of nitrogens with zero attached hydrogens (tertiary/aromatic N) is 1. The minimum atomic E-state index is 0.152. The summed E-state index contributed by atoms with van der Waals surface area (Å²) in [4.78, 5) is 14.3. The predicted molar refractivity (Wildman–Crippen MR) is 68.5 cm³/mol. The second-order valence-electron chi connectivity index (χ2n) is 4.55. The van der Waals surface area contributed by atoms with Crippen molar-refractivity contribution in [2.75, 3.05) is 0 Å². The summed E-state index contributed by atoms with van der Waals surface area (Å²) in [5.74, 6) is 0.152. The van der Waals surface area contributed by atoms with Crippen molar-refractivity contribution in [3.63, 3.8) is 0 Å². The molecular weight excluding hydrogens is 266 g/mol. The molecule has 0 heterocycles. The Morgan fingerprint density at radius 3 is 2.62 bits per heavy atom. The molecule has 1 aromatic rings. The maximum absolute atomic E-state index is 12.3. The molecule has 1 amide bonds. The summed E-state index contributed by atoms with van der Waals surface area (Å²) in [7, 11) is 0. The van der Waals surface area contributed by atoms with E-state index in [9.17, 15) is 4.79 Å². The van der Waals surface area contributed by atoms with Crippen molar-refractivity contribution in [1.29, 1.82) is 0 Å². The van der Waals surface area contributed by atoms with Gasteiger partial charge in [0.15, 0.2) is 0 Å². The quantitative estimate of drug-likeness (QED) is 0.831. The van der Waals surface area contributed by atoms with Crippen LogP contribution in [0.15, 0.2) is 28.7 Å². The highest BCUT2D eigenvalue weighted by molar-refractivity contribution is 9.10. The molecule has 0 N–H and O–H groups in total. The van der Waals surface area contributed by atoms with Crippen LogP contribution in [-0.2, 0) is 0 Å². The van der Waals surface area contributed by atoms with Gasteiger partial charge in [-0.25, -0.2) is 0 Å². The van der Waals surface area contributed by atoms with Crippen LogP contribution in [-0.4, -0.2) is 22.9 Å². The van der Waals surface area contributed by atoms with Gasteiger partial charge in [-0.2, -0.15) is 0 Å². The van der Waals surface area contributed by atoms with Crippen LogP contribution in [0.1, 0.15) is 37.0 Å². The Morgan fingerprint density at radius 1 is 1.44 bits per heavy atom. The molecule has 0 aromatic heterocycles. The third-order valence-electron chi connectivity index (χ3n) is 2.80. The number of carbonyl (C=O) groups is 1. The first kappa shape index (κ1) is 11.6. The summed E-state index contributed by atoms with van der Waals surface area (Å²) in [5, 5.41) is 0. The highest BCUT2D eigenvalue weighted by atomic mass is 79.9. The lowest BCUT2D eigenvalue weighted by molar-refractivity contribution is 0.0690. The van der Waals surface area contributed by atoms with Crippen LogP contribution in [0, 0.1) is 0 Å². The number of hydrogen-bond acceptors (Lipinski definition) is 1. The van der Waals surface area contributed by atoms with E-state index in [1.807, 2.05) is 29.2 Å². The highest BCUT2D eigenvalue weighted by Gasteiger charge is 2.34. The van der Waals surface area contributed by atoms with Gasteiger partial charge in [0.25, 0.3) is 5.91 Å². The van der Waals surface area contributed by atoms with Crippen LogP contribution < -0.4 is 0 Å². The van der Waals surface area contributed by atoms with Crippen molar-refractivity contribution in [3.8, 4) is 0 Å². The number of carbonyl (C=O) groups excluding carboxylic acids is 1. The first-order valence-corrected chi connectivity index (χ1v) is 6.47. The predicted octanol–water partition coefficient (Wildman–Crippen LogP) is 3.46. The van der Waals surface area contributed by atoms with Crippen molar-refractivity contribution < 1.29 is 4.79 Å². The zero-order valence-electron chi connectivity index (χ0n) is 9.61. The van der Waals surface area contributed by atoms with Crippen LogP contribution in [0.25, 0.3) is 0 Å². The van der Waals surface area contributed by atoms with E-state index in [4.69, 9.17) is 0 Å². The smallest absolute Gasteiger partial charge is 0.254 e. The van der Waals surface area contributed by atoms with Crippen LogP contribution in [0.4, 0.5) is 0 Å². The molecule has 0 aliphatic heterocycles. The van der Waals surface area contributed by atoms with Gasteiger partial charge in [0.2, 0.25) is 0 Å². The highest BCUT2D eigenvalue weighted by Crippen LogP contribution is 2.30. The fourth-order valence-electron chi connectivity index (χ4n) is 1.95. The molecule has 0 bridgehead atoms. The van der Waals surface area contributed by atoms with Crippen molar-refractivity contribution in [2.45, 2.75) is 38.8 Å². The van der Waals surface area contributed by atoms with Gasteiger partial charge in [0.1, 0.15) is 0 Å². The Bertz CT molecular complexity index is 397. The molecule has 0 atom stereocenters. The van der Waals surface area contributed by atoms with E-state index in [0.717, 1.165) is 22.9 Å². The van der Waals surface area contributed by atoms with Gasteiger partial charge in [0, 0.05) is 22.1 Å². The van der Waals surface area contributed by atoms with Gasteiger partial charge in [-0.15, -0.1) is 0 Å². The number of benzene rings is 1.